The van der Waals surface area contributed by atoms with Gasteiger partial charge >= 0.3 is 0 Å². The van der Waals surface area contributed by atoms with E-state index in [1.165, 1.54) is 10.5 Å². The first kappa shape index (κ1) is 11.2. The van der Waals surface area contributed by atoms with Gasteiger partial charge in [-0.2, -0.15) is 5.10 Å². The topological polar surface area (TPSA) is 66.1 Å². The van der Waals surface area contributed by atoms with Crippen LogP contribution in [0.25, 0.3) is 0 Å². The summed E-state index contributed by atoms with van der Waals surface area (Å²) in [6.07, 6.45) is 2.14. The fourth-order valence-corrected chi connectivity index (χ4v) is 2.58. The maximum Gasteiger partial charge on any atom is 0.246 e. The van der Waals surface area contributed by atoms with E-state index in [0.29, 0.717) is 12.2 Å². The predicted octanol–water partition coefficient (Wildman–Crippen LogP) is 0.749. The first-order valence-electron chi connectivity index (χ1n) is 4.46. The van der Waals surface area contributed by atoms with Crippen LogP contribution < -0.4 is 0 Å². The standard InChI is InChI=1S/C8H15N3O2S/c1-4-5-11(3)14(12,13)8-6-9-10-7(8)2/h6H,4-5H2,1-3H3,(H,9,10). The minimum absolute atomic E-state index is 0.258. The van der Waals surface area contributed by atoms with Gasteiger partial charge in [0.05, 0.1) is 11.9 Å². The Morgan fingerprint density at radius 2 is 2.21 bits per heavy atom. The zero-order chi connectivity index (χ0) is 10.8. The van der Waals surface area contributed by atoms with E-state index < -0.39 is 10.0 Å². The first-order valence-corrected chi connectivity index (χ1v) is 5.90. The Bertz CT molecular complexity index is 396. The van der Waals surface area contributed by atoms with Crippen LogP contribution in [0.5, 0.6) is 0 Å². The van der Waals surface area contributed by atoms with Crippen LogP contribution >= 0.6 is 0 Å². The monoisotopic (exact) mass is 217 g/mol. The third kappa shape index (κ3) is 1.96. The van der Waals surface area contributed by atoms with E-state index in [2.05, 4.69) is 10.2 Å². The number of aryl methyl sites for hydroxylation is 1. The number of nitrogens with zero attached hydrogens (tertiary/aromatic N) is 2. The van der Waals surface area contributed by atoms with Crippen molar-refractivity contribution in [1.29, 1.82) is 0 Å². The van der Waals surface area contributed by atoms with Crippen molar-refractivity contribution in [3.63, 3.8) is 0 Å². The third-order valence-electron chi connectivity index (χ3n) is 2.01. The summed E-state index contributed by atoms with van der Waals surface area (Å²) >= 11 is 0. The highest BCUT2D eigenvalue weighted by molar-refractivity contribution is 7.89. The molecule has 0 radical (unpaired) electrons. The van der Waals surface area contributed by atoms with Gasteiger partial charge in [0, 0.05) is 13.6 Å². The highest BCUT2D eigenvalue weighted by atomic mass is 32.2. The quantitative estimate of drug-likeness (QED) is 0.809. The minimum atomic E-state index is -3.35. The Morgan fingerprint density at radius 3 is 2.64 bits per heavy atom. The summed E-state index contributed by atoms with van der Waals surface area (Å²) in [5.74, 6) is 0. The van der Waals surface area contributed by atoms with Crippen molar-refractivity contribution in [3.8, 4) is 0 Å². The van der Waals surface area contributed by atoms with E-state index in [1.807, 2.05) is 6.92 Å². The van der Waals surface area contributed by atoms with Crippen molar-refractivity contribution in [2.75, 3.05) is 13.6 Å². The molecule has 5 nitrogen and oxygen atoms in total. The average molecular weight is 217 g/mol. The van der Waals surface area contributed by atoms with Crippen LogP contribution in [0.1, 0.15) is 19.0 Å². The number of aromatic amines is 1. The van der Waals surface area contributed by atoms with Crippen molar-refractivity contribution in [2.45, 2.75) is 25.2 Å². The summed E-state index contributed by atoms with van der Waals surface area (Å²) in [5.41, 5.74) is 0.577. The summed E-state index contributed by atoms with van der Waals surface area (Å²) in [7, 11) is -1.77. The molecule has 1 aromatic rings. The highest BCUT2D eigenvalue weighted by Gasteiger charge is 2.23. The molecule has 0 fully saturated rings. The smallest absolute Gasteiger partial charge is 0.246 e. The zero-order valence-electron chi connectivity index (χ0n) is 8.61. The maximum absolute atomic E-state index is 11.9. The van der Waals surface area contributed by atoms with Crippen LogP contribution in [0.15, 0.2) is 11.1 Å². The van der Waals surface area contributed by atoms with Crippen LogP contribution in [0.4, 0.5) is 0 Å². The zero-order valence-corrected chi connectivity index (χ0v) is 9.43. The van der Waals surface area contributed by atoms with Gasteiger partial charge in [-0.05, 0) is 13.3 Å². The Morgan fingerprint density at radius 1 is 1.57 bits per heavy atom. The number of nitrogens with one attached hydrogen (secondary N) is 1. The molecule has 6 heteroatoms. The van der Waals surface area contributed by atoms with Crippen molar-refractivity contribution in [3.05, 3.63) is 11.9 Å². The number of sulfonamides is 1. The second-order valence-electron chi connectivity index (χ2n) is 3.19. The molecule has 0 aliphatic carbocycles. The fourth-order valence-electron chi connectivity index (χ4n) is 1.20. The molecule has 0 bridgehead atoms. The van der Waals surface area contributed by atoms with Crippen LogP contribution in [-0.4, -0.2) is 36.5 Å². The van der Waals surface area contributed by atoms with Crippen LogP contribution in [0.3, 0.4) is 0 Å². The number of hydrogen-bond donors (Lipinski definition) is 1. The van der Waals surface area contributed by atoms with Gasteiger partial charge in [0.15, 0.2) is 0 Å². The molecule has 1 heterocycles. The lowest BCUT2D eigenvalue weighted by Gasteiger charge is -2.15. The fraction of sp³-hybridized carbons (Fsp3) is 0.625. The molecule has 0 unspecified atom stereocenters. The molecule has 0 saturated carbocycles. The largest absolute Gasteiger partial charge is 0.281 e. The van der Waals surface area contributed by atoms with Gasteiger partial charge in [-0.25, -0.2) is 12.7 Å². The van der Waals surface area contributed by atoms with E-state index in [-0.39, 0.29) is 4.90 Å². The minimum Gasteiger partial charge on any atom is -0.281 e. The number of H-pyrrole nitrogens is 1. The van der Waals surface area contributed by atoms with E-state index in [0.717, 1.165) is 6.42 Å². The Kier molecular flexibility index (Phi) is 3.28. The maximum atomic E-state index is 11.9. The predicted molar refractivity (Wildman–Crippen MR) is 53.4 cm³/mol. The lowest BCUT2D eigenvalue weighted by atomic mass is 10.5. The molecule has 14 heavy (non-hydrogen) atoms. The lowest BCUT2D eigenvalue weighted by Crippen LogP contribution is -2.27. The second-order valence-corrected chi connectivity index (χ2v) is 5.20. The number of aromatic nitrogens is 2. The van der Waals surface area contributed by atoms with Gasteiger partial charge in [-0.1, -0.05) is 6.92 Å². The molecule has 0 amide bonds. The molecule has 0 spiro atoms. The molecule has 0 atom stereocenters. The molecule has 1 N–H and O–H groups in total. The van der Waals surface area contributed by atoms with Crippen LogP contribution in [0.2, 0.25) is 0 Å². The Labute approximate surface area is 84.2 Å². The van der Waals surface area contributed by atoms with Crippen molar-refractivity contribution >= 4 is 10.0 Å². The van der Waals surface area contributed by atoms with Crippen molar-refractivity contribution in [2.24, 2.45) is 0 Å². The molecular weight excluding hydrogens is 202 g/mol. The summed E-state index contributed by atoms with van der Waals surface area (Å²) in [6.45, 7) is 4.15. The van der Waals surface area contributed by atoms with Gasteiger partial charge in [0.1, 0.15) is 4.90 Å². The molecule has 1 aromatic heterocycles. The summed E-state index contributed by atoms with van der Waals surface area (Å²) in [4.78, 5) is 0.258. The van der Waals surface area contributed by atoms with Crippen LogP contribution in [-0.2, 0) is 10.0 Å². The van der Waals surface area contributed by atoms with Crippen LogP contribution in [0, 0.1) is 6.92 Å². The summed E-state index contributed by atoms with van der Waals surface area (Å²) < 4.78 is 25.1. The third-order valence-corrected chi connectivity index (χ3v) is 3.98. The van der Waals surface area contributed by atoms with Crippen molar-refractivity contribution < 1.29 is 8.42 Å². The number of rotatable bonds is 4. The number of hydrogen-bond acceptors (Lipinski definition) is 3. The van der Waals surface area contributed by atoms with Gasteiger partial charge in [0.25, 0.3) is 0 Å². The molecule has 1 rings (SSSR count). The average Bonchev–Trinajstić information content (AvgIpc) is 2.52. The van der Waals surface area contributed by atoms with Gasteiger partial charge < -0.3 is 0 Å². The molecular formula is C8H15N3O2S. The van der Waals surface area contributed by atoms with E-state index in [9.17, 15) is 8.42 Å². The normalized spacial score (nSPS) is 12.3. The van der Waals surface area contributed by atoms with Gasteiger partial charge in [0.2, 0.25) is 10.0 Å². The molecule has 0 aromatic carbocycles. The summed E-state index contributed by atoms with van der Waals surface area (Å²) in [5, 5.41) is 6.32. The van der Waals surface area contributed by atoms with E-state index in [1.54, 1.807) is 14.0 Å². The second kappa shape index (κ2) is 4.10. The SMILES string of the molecule is CCCN(C)S(=O)(=O)c1cn[nH]c1C. The first-order chi connectivity index (χ1) is 6.50. The Balaban J connectivity index is 3.03. The summed E-state index contributed by atoms with van der Waals surface area (Å²) in [6, 6.07) is 0. The molecule has 0 saturated heterocycles. The highest BCUT2D eigenvalue weighted by Crippen LogP contribution is 2.15. The van der Waals surface area contributed by atoms with Crippen molar-refractivity contribution in [1.82, 2.24) is 14.5 Å². The molecule has 80 valence electrons. The van der Waals surface area contributed by atoms with Gasteiger partial charge in [-0.3, -0.25) is 5.10 Å². The van der Waals surface area contributed by atoms with E-state index in [4.69, 9.17) is 0 Å². The molecule has 0 aliphatic heterocycles. The van der Waals surface area contributed by atoms with Gasteiger partial charge in [-0.15, -0.1) is 0 Å². The van der Waals surface area contributed by atoms with E-state index >= 15 is 0 Å². The Hall–Kier alpha value is -0.880. The molecule has 0 aliphatic rings. The lowest BCUT2D eigenvalue weighted by molar-refractivity contribution is 0.468.